The van der Waals surface area contributed by atoms with E-state index in [-0.39, 0.29) is 5.91 Å². The Hall–Kier alpha value is -3.55. The first-order valence-electron chi connectivity index (χ1n) is 8.67. The molecular formula is C19H25N7O. The zero-order valence-corrected chi connectivity index (χ0v) is 15.5. The van der Waals surface area contributed by atoms with Gasteiger partial charge in [0.1, 0.15) is 0 Å². The number of carbonyl (C=O) groups excluding carboxylic acids is 1. The molecule has 1 amide bonds. The summed E-state index contributed by atoms with van der Waals surface area (Å²) < 4.78 is 0. The molecule has 0 aliphatic carbocycles. The molecule has 0 bridgehead atoms. The van der Waals surface area contributed by atoms with Crippen LogP contribution >= 0.6 is 0 Å². The van der Waals surface area contributed by atoms with Gasteiger partial charge in [-0.15, -0.1) is 0 Å². The average molecular weight is 367 g/mol. The van der Waals surface area contributed by atoms with Gasteiger partial charge < -0.3 is 27.4 Å². The second-order valence-corrected chi connectivity index (χ2v) is 5.58. The van der Waals surface area contributed by atoms with Gasteiger partial charge in [0.05, 0.1) is 0 Å². The van der Waals surface area contributed by atoms with Crippen molar-refractivity contribution in [1.29, 1.82) is 0 Å². The first-order valence-corrected chi connectivity index (χ1v) is 8.67. The zero-order valence-electron chi connectivity index (χ0n) is 15.5. The second-order valence-electron chi connectivity index (χ2n) is 5.58. The number of nitrogens with two attached hydrogens (primary N) is 2. The molecule has 0 spiro atoms. The van der Waals surface area contributed by atoms with Crippen molar-refractivity contribution in [2.75, 3.05) is 29.0 Å². The third-order valence-corrected chi connectivity index (χ3v) is 3.49. The molecule has 0 saturated carbocycles. The maximum absolute atomic E-state index is 12.4. The SMILES string of the molecule is CCN=C(N)Nc1ccc(NC(=O)c2ccc(NC(N)=NCC)cc2)cc1. The van der Waals surface area contributed by atoms with E-state index in [1.807, 2.05) is 26.0 Å². The molecule has 0 atom stereocenters. The minimum atomic E-state index is -0.204. The fraction of sp³-hybridized carbons (Fsp3) is 0.211. The first-order chi connectivity index (χ1) is 13.0. The summed E-state index contributed by atoms with van der Waals surface area (Å²) in [6.07, 6.45) is 0. The van der Waals surface area contributed by atoms with Crippen LogP contribution in [0.5, 0.6) is 0 Å². The van der Waals surface area contributed by atoms with Crippen molar-refractivity contribution in [2.45, 2.75) is 13.8 Å². The zero-order chi connectivity index (χ0) is 19.6. The van der Waals surface area contributed by atoms with Gasteiger partial charge >= 0.3 is 0 Å². The number of nitrogens with one attached hydrogen (secondary N) is 3. The number of rotatable bonds is 6. The number of carbonyl (C=O) groups is 1. The maximum atomic E-state index is 12.4. The fourth-order valence-electron chi connectivity index (χ4n) is 2.26. The Morgan fingerprint density at radius 2 is 1.11 bits per heavy atom. The van der Waals surface area contributed by atoms with Gasteiger partial charge in [-0.05, 0) is 62.4 Å². The number of hydrogen-bond donors (Lipinski definition) is 5. The van der Waals surface area contributed by atoms with Gasteiger partial charge in [-0.2, -0.15) is 0 Å². The molecule has 2 aromatic rings. The lowest BCUT2D eigenvalue weighted by Crippen LogP contribution is -2.22. The number of amides is 1. The fourth-order valence-corrected chi connectivity index (χ4v) is 2.26. The largest absolute Gasteiger partial charge is 0.370 e. The standard InChI is InChI=1S/C19H25N7O/c1-3-22-18(20)25-15-7-5-13(6-8-15)17(27)24-14-9-11-16(12-10-14)26-19(21)23-4-2/h5-12H,3-4H2,1-2H3,(H,24,27)(H3,20,22,25)(H3,21,23,26). The lowest BCUT2D eigenvalue weighted by Gasteiger charge is -2.09. The van der Waals surface area contributed by atoms with Gasteiger partial charge in [0, 0.05) is 35.7 Å². The number of aliphatic imine (C=N–C) groups is 2. The molecule has 0 aliphatic rings. The minimum Gasteiger partial charge on any atom is -0.370 e. The van der Waals surface area contributed by atoms with Gasteiger partial charge in [-0.25, -0.2) is 0 Å². The van der Waals surface area contributed by atoms with Crippen LogP contribution in [0.15, 0.2) is 58.5 Å². The van der Waals surface area contributed by atoms with Gasteiger partial charge in [-0.3, -0.25) is 14.8 Å². The highest BCUT2D eigenvalue weighted by atomic mass is 16.1. The Kier molecular flexibility index (Phi) is 7.18. The Balaban J connectivity index is 1.96. The molecule has 7 N–H and O–H groups in total. The van der Waals surface area contributed by atoms with Crippen molar-refractivity contribution in [3.8, 4) is 0 Å². The molecule has 0 fully saturated rings. The molecule has 0 radical (unpaired) electrons. The van der Waals surface area contributed by atoms with E-state index in [2.05, 4.69) is 25.9 Å². The first kappa shape index (κ1) is 19.8. The van der Waals surface area contributed by atoms with Gasteiger partial charge in [0.15, 0.2) is 11.9 Å². The van der Waals surface area contributed by atoms with Crippen LogP contribution in [0.25, 0.3) is 0 Å². The van der Waals surface area contributed by atoms with Crippen LogP contribution in [0.2, 0.25) is 0 Å². The van der Waals surface area contributed by atoms with Crippen LogP contribution in [0.3, 0.4) is 0 Å². The topological polar surface area (TPSA) is 130 Å². The van der Waals surface area contributed by atoms with Crippen LogP contribution in [-0.4, -0.2) is 30.9 Å². The number of hydrogen-bond acceptors (Lipinski definition) is 3. The average Bonchev–Trinajstić information content (AvgIpc) is 2.64. The van der Waals surface area contributed by atoms with E-state index in [1.165, 1.54) is 0 Å². The summed E-state index contributed by atoms with van der Waals surface area (Å²) in [4.78, 5) is 20.5. The third-order valence-electron chi connectivity index (χ3n) is 3.49. The quantitative estimate of drug-likeness (QED) is 0.395. The Bertz CT molecular complexity index is 811. The van der Waals surface area contributed by atoms with Gasteiger partial charge in [-0.1, -0.05) is 0 Å². The van der Waals surface area contributed by atoms with Crippen LogP contribution in [0.4, 0.5) is 17.1 Å². The number of nitrogens with zero attached hydrogens (tertiary/aromatic N) is 2. The molecule has 8 nitrogen and oxygen atoms in total. The third kappa shape index (κ3) is 6.35. The molecule has 0 heterocycles. The summed E-state index contributed by atoms with van der Waals surface area (Å²) >= 11 is 0. The number of benzene rings is 2. The van der Waals surface area contributed by atoms with E-state index in [1.54, 1.807) is 36.4 Å². The second kappa shape index (κ2) is 9.81. The molecule has 0 saturated heterocycles. The summed E-state index contributed by atoms with van der Waals surface area (Å²) in [5, 5.41) is 8.78. The van der Waals surface area contributed by atoms with Crippen molar-refractivity contribution in [3.63, 3.8) is 0 Å². The highest BCUT2D eigenvalue weighted by Crippen LogP contribution is 2.15. The van der Waals surface area contributed by atoms with Gasteiger partial charge in [0.2, 0.25) is 0 Å². The lowest BCUT2D eigenvalue weighted by atomic mass is 10.2. The lowest BCUT2D eigenvalue weighted by molar-refractivity contribution is 0.102. The number of anilines is 3. The molecular weight excluding hydrogens is 342 g/mol. The van der Waals surface area contributed by atoms with Crippen molar-refractivity contribution >= 4 is 34.9 Å². The van der Waals surface area contributed by atoms with E-state index in [9.17, 15) is 4.79 Å². The molecule has 0 unspecified atom stereocenters. The van der Waals surface area contributed by atoms with E-state index in [0.717, 1.165) is 11.4 Å². The maximum Gasteiger partial charge on any atom is 0.255 e. The van der Waals surface area contributed by atoms with Gasteiger partial charge in [0.25, 0.3) is 5.91 Å². The van der Waals surface area contributed by atoms with Crippen molar-refractivity contribution < 1.29 is 4.79 Å². The summed E-state index contributed by atoms with van der Waals surface area (Å²) in [6, 6.07) is 14.2. The number of guanidine groups is 2. The van der Waals surface area contributed by atoms with Crippen LogP contribution in [-0.2, 0) is 0 Å². The molecule has 8 heteroatoms. The predicted octanol–water partition coefficient (Wildman–Crippen LogP) is 2.43. The summed E-state index contributed by atoms with van der Waals surface area (Å²) in [5.41, 5.74) is 14.2. The highest BCUT2D eigenvalue weighted by Gasteiger charge is 2.06. The molecule has 2 rings (SSSR count). The summed E-state index contributed by atoms with van der Waals surface area (Å²) in [7, 11) is 0. The molecule has 27 heavy (non-hydrogen) atoms. The van der Waals surface area contributed by atoms with Crippen molar-refractivity contribution in [2.24, 2.45) is 21.5 Å². The summed E-state index contributed by atoms with van der Waals surface area (Å²) in [5.74, 6) is 0.491. The smallest absolute Gasteiger partial charge is 0.255 e. The van der Waals surface area contributed by atoms with E-state index in [0.29, 0.717) is 36.3 Å². The monoisotopic (exact) mass is 367 g/mol. The highest BCUT2D eigenvalue weighted by molar-refractivity contribution is 6.05. The van der Waals surface area contributed by atoms with Crippen LogP contribution < -0.4 is 27.4 Å². The molecule has 2 aromatic carbocycles. The summed E-state index contributed by atoms with van der Waals surface area (Å²) in [6.45, 7) is 5.02. The van der Waals surface area contributed by atoms with E-state index in [4.69, 9.17) is 11.5 Å². The normalized spacial score (nSPS) is 11.8. The van der Waals surface area contributed by atoms with Crippen LogP contribution in [0, 0.1) is 0 Å². The molecule has 0 aliphatic heterocycles. The van der Waals surface area contributed by atoms with Crippen molar-refractivity contribution in [1.82, 2.24) is 0 Å². The van der Waals surface area contributed by atoms with Crippen molar-refractivity contribution in [3.05, 3.63) is 54.1 Å². The minimum absolute atomic E-state index is 0.204. The Morgan fingerprint density at radius 3 is 1.52 bits per heavy atom. The van der Waals surface area contributed by atoms with E-state index >= 15 is 0 Å². The Morgan fingerprint density at radius 1 is 0.741 bits per heavy atom. The molecule has 142 valence electrons. The predicted molar refractivity (Wildman–Crippen MR) is 112 cm³/mol. The van der Waals surface area contributed by atoms with Crippen LogP contribution in [0.1, 0.15) is 24.2 Å². The van der Waals surface area contributed by atoms with E-state index < -0.39 is 0 Å². The Labute approximate surface area is 158 Å². The molecule has 0 aromatic heterocycles.